The van der Waals surface area contributed by atoms with Crippen LogP contribution in [0.2, 0.25) is 0 Å². The molecule has 1 aromatic carbocycles. The Morgan fingerprint density at radius 2 is 2.05 bits per heavy atom. The van der Waals surface area contributed by atoms with Crippen LogP contribution in [0.3, 0.4) is 0 Å². The number of aromatic carboxylic acids is 1. The zero-order valence-corrected chi connectivity index (χ0v) is 11.7. The number of benzene rings is 1. The normalized spacial score (nSPS) is 11.7. The van der Waals surface area contributed by atoms with Crippen molar-refractivity contribution in [1.82, 2.24) is 9.78 Å². The fourth-order valence-corrected chi connectivity index (χ4v) is 2.09. The van der Waals surface area contributed by atoms with E-state index in [1.165, 1.54) is 19.2 Å². The second kappa shape index (κ2) is 4.93. The molecule has 20 heavy (non-hydrogen) atoms. The van der Waals surface area contributed by atoms with Gasteiger partial charge in [0.1, 0.15) is 0 Å². The number of carboxylic acid groups (broad SMARTS) is 1. The lowest BCUT2D eigenvalue weighted by atomic mass is 10.2. The van der Waals surface area contributed by atoms with Gasteiger partial charge in [-0.3, -0.25) is 0 Å². The minimum Gasteiger partial charge on any atom is -0.476 e. The lowest BCUT2D eigenvalue weighted by Crippen LogP contribution is -2.07. The van der Waals surface area contributed by atoms with Gasteiger partial charge in [0.05, 0.1) is 11.3 Å². The maximum atomic E-state index is 12.7. The predicted octanol–water partition coefficient (Wildman–Crippen LogP) is 3.66. The molecule has 0 amide bonds. The molecule has 0 aliphatic heterocycles. The Labute approximate surface area is 120 Å². The summed E-state index contributed by atoms with van der Waals surface area (Å²) in [6.07, 6.45) is -3.11. The monoisotopic (exact) mass is 348 g/mol. The minimum atomic E-state index is -4.48. The Hall–Kier alpha value is -1.83. The molecule has 0 saturated heterocycles. The maximum Gasteiger partial charge on any atom is 0.416 e. The highest BCUT2D eigenvalue weighted by Gasteiger charge is 2.31. The summed E-state index contributed by atoms with van der Waals surface area (Å²) < 4.78 is 39.6. The smallest absolute Gasteiger partial charge is 0.416 e. The number of hydrogen-bond donors (Lipinski definition) is 1. The van der Waals surface area contributed by atoms with Crippen LogP contribution in [0.15, 0.2) is 28.9 Å². The number of aryl methyl sites for hydroxylation is 1. The zero-order valence-electron chi connectivity index (χ0n) is 10.1. The molecule has 2 rings (SSSR count). The largest absolute Gasteiger partial charge is 0.476 e. The van der Waals surface area contributed by atoms with Crippen LogP contribution >= 0.6 is 15.9 Å². The summed E-state index contributed by atoms with van der Waals surface area (Å²) in [5.74, 6) is -1.23. The fourth-order valence-electron chi connectivity index (χ4n) is 1.66. The van der Waals surface area contributed by atoms with Crippen molar-refractivity contribution in [3.63, 3.8) is 0 Å². The van der Waals surface area contributed by atoms with Crippen molar-refractivity contribution in [1.29, 1.82) is 0 Å². The van der Waals surface area contributed by atoms with Gasteiger partial charge in [0.25, 0.3) is 0 Å². The number of carboxylic acids is 1. The lowest BCUT2D eigenvalue weighted by Gasteiger charge is -2.10. The standard InChI is InChI=1S/C12H8BrF3N2O2/c1-6-5-18(17-10(6)11(19)20)9-4-7(12(14,15)16)2-3-8(9)13/h2-5H,1H3,(H,19,20). The number of halogens is 4. The van der Waals surface area contributed by atoms with Gasteiger partial charge in [-0.05, 0) is 41.1 Å². The van der Waals surface area contributed by atoms with Crippen LogP contribution in [0.5, 0.6) is 0 Å². The fraction of sp³-hybridized carbons (Fsp3) is 0.167. The van der Waals surface area contributed by atoms with Gasteiger partial charge in [0.15, 0.2) is 5.69 Å². The third kappa shape index (κ3) is 2.69. The van der Waals surface area contributed by atoms with Crippen molar-refractivity contribution < 1.29 is 23.1 Å². The van der Waals surface area contributed by atoms with E-state index in [-0.39, 0.29) is 11.4 Å². The van der Waals surface area contributed by atoms with Gasteiger partial charge in [-0.25, -0.2) is 9.48 Å². The van der Waals surface area contributed by atoms with Crippen molar-refractivity contribution in [2.75, 3.05) is 0 Å². The SMILES string of the molecule is Cc1cn(-c2cc(C(F)(F)F)ccc2Br)nc1C(=O)O. The molecule has 106 valence electrons. The Morgan fingerprint density at radius 3 is 2.55 bits per heavy atom. The van der Waals surface area contributed by atoms with E-state index in [4.69, 9.17) is 5.11 Å². The second-order valence-corrected chi connectivity index (χ2v) is 4.93. The number of aromatic nitrogens is 2. The maximum absolute atomic E-state index is 12.7. The molecule has 0 aliphatic carbocycles. The molecule has 8 heteroatoms. The molecular weight excluding hydrogens is 341 g/mol. The van der Waals surface area contributed by atoms with Crippen LogP contribution < -0.4 is 0 Å². The summed E-state index contributed by atoms with van der Waals surface area (Å²) in [6.45, 7) is 1.52. The average molecular weight is 349 g/mol. The number of hydrogen-bond acceptors (Lipinski definition) is 2. The summed E-state index contributed by atoms with van der Waals surface area (Å²) in [6, 6.07) is 3.08. The molecule has 0 spiro atoms. The van der Waals surface area contributed by atoms with E-state index in [2.05, 4.69) is 21.0 Å². The van der Waals surface area contributed by atoms with E-state index >= 15 is 0 Å². The van der Waals surface area contributed by atoms with E-state index in [9.17, 15) is 18.0 Å². The number of rotatable bonds is 2. The van der Waals surface area contributed by atoms with Crippen LogP contribution in [0.25, 0.3) is 5.69 Å². The molecule has 1 N–H and O–H groups in total. The molecule has 0 aliphatic rings. The van der Waals surface area contributed by atoms with Gasteiger partial charge >= 0.3 is 12.1 Å². The van der Waals surface area contributed by atoms with Crippen molar-refractivity contribution in [3.8, 4) is 5.69 Å². The molecule has 1 heterocycles. The first kappa shape index (κ1) is 14.6. The molecule has 1 aromatic heterocycles. The van der Waals surface area contributed by atoms with E-state index in [1.54, 1.807) is 0 Å². The van der Waals surface area contributed by atoms with Gasteiger partial charge < -0.3 is 5.11 Å². The van der Waals surface area contributed by atoms with Crippen LogP contribution in [-0.4, -0.2) is 20.9 Å². The minimum absolute atomic E-state index is 0.121. The Balaban J connectivity index is 2.57. The first-order valence-corrected chi connectivity index (χ1v) is 6.16. The Kier molecular flexibility index (Phi) is 3.59. The summed E-state index contributed by atoms with van der Waals surface area (Å²) in [4.78, 5) is 10.9. The number of carbonyl (C=O) groups is 1. The van der Waals surface area contributed by atoms with Gasteiger partial charge in [-0.2, -0.15) is 18.3 Å². The van der Waals surface area contributed by atoms with E-state index in [0.717, 1.165) is 16.8 Å². The summed E-state index contributed by atoms with van der Waals surface area (Å²) in [5, 5.41) is 12.7. The average Bonchev–Trinajstić information content (AvgIpc) is 2.70. The molecule has 0 unspecified atom stereocenters. The first-order chi connectivity index (χ1) is 9.20. The first-order valence-electron chi connectivity index (χ1n) is 5.37. The summed E-state index contributed by atoms with van der Waals surface area (Å²) in [7, 11) is 0. The van der Waals surface area contributed by atoms with Crippen molar-refractivity contribution >= 4 is 21.9 Å². The topological polar surface area (TPSA) is 55.1 Å². The van der Waals surface area contributed by atoms with E-state index in [1.807, 2.05) is 0 Å². The molecule has 0 fully saturated rings. The summed E-state index contributed by atoms with van der Waals surface area (Å²) in [5.41, 5.74) is -0.549. The van der Waals surface area contributed by atoms with E-state index in [0.29, 0.717) is 10.0 Å². The predicted molar refractivity (Wildman–Crippen MR) is 68.0 cm³/mol. The Bertz CT molecular complexity index is 680. The van der Waals surface area contributed by atoms with Crippen molar-refractivity contribution in [3.05, 3.63) is 45.7 Å². The van der Waals surface area contributed by atoms with Crippen molar-refractivity contribution in [2.24, 2.45) is 0 Å². The molecule has 0 saturated carbocycles. The van der Waals surface area contributed by atoms with Crippen LogP contribution in [-0.2, 0) is 6.18 Å². The molecule has 0 bridgehead atoms. The molecule has 0 atom stereocenters. The third-order valence-corrected chi connectivity index (χ3v) is 3.29. The van der Waals surface area contributed by atoms with Crippen LogP contribution in [0, 0.1) is 6.92 Å². The van der Waals surface area contributed by atoms with Gasteiger partial charge in [-0.15, -0.1) is 0 Å². The molecule has 0 radical (unpaired) electrons. The van der Waals surface area contributed by atoms with Crippen LogP contribution in [0.4, 0.5) is 13.2 Å². The molecule has 4 nitrogen and oxygen atoms in total. The highest BCUT2D eigenvalue weighted by molar-refractivity contribution is 9.10. The lowest BCUT2D eigenvalue weighted by molar-refractivity contribution is -0.137. The molecular formula is C12H8BrF3N2O2. The molecule has 2 aromatic rings. The van der Waals surface area contributed by atoms with Gasteiger partial charge in [-0.1, -0.05) is 0 Å². The Morgan fingerprint density at radius 1 is 1.40 bits per heavy atom. The number of alkyl halides is 3. The quantitative estimate of drug-likeness (QED) is 0.900. The number of nitrogens with zero attached hydrogens (tertiary/aromatic N) is 2. The summed E-state index contributed by atoms with van der Waals surface area (Å²) >= 11 is 3.13. The second-order valence-electron chi connectivity index (χ2n) is 4.07. The third-order valence-electron chi connectivity index (χ3n) is 2.62. The highest BCUT2D eigenvalue weighted by atomic mass is 79.9. The van der Waals surface area contributed by atoms with Gasteiger partial charge in [0, 0.05) is 16.2 Å². The zero-order chi connectivity index (χ0) is 15.1. The van der Waals surface area contributed by atoms with E-state index < -0.39 is 17.7 Å². The van der Waals surface area contributed by atoms with Crippen LogP contribution in [0.1, 0.15) is 21.6 Å². The van der Waals surface area contributed by atoms with Gasteiger partial charge in [0.2, 0.25) is 0 Å². The highest BCUT2D eigenvalue weighted by Crippen LogP contribution is 2.33. The van der Waals surface area contributed by atoms with Crippen molar-refractivity contribution in [2.45, 2.75) is 13.1 Å².